The van der Waals surface area contributed by atoms with Gasteiger partial charge in [0.1, 0.15) is 5.03 Å². The topological polar surface area (TPSA) is 91.7 Å². The molecule has 1 heterocycles. The lowest BCUT2D eigenvalue weighted by Crippen LogP contribution is -2.15. The number of hydrogen-bond donors (Lipinski definition) is 3. The van der Waals surface area contributed by atoms with Crippen LogP contribution in [0, 0.1) is 5.92 Å². The quantitative estimate of drug-likeness (QED) is 0.258. The van der Waals surface area contributed by atoms with Crippen molar-refractivity contribution in [1.82, 2.24) is 4.98 Å². The Morgan fingerprint density at radius 2 is 2.20 bits per heavy atom. The van der Waals surface area contributed by atoms with Crippen LogP contribution in [-0.4, -0.2) is 33.5 Å². The van der Waals surface area contributed by atoms with E-state index in [1.54, 1.807) is 0 Å². The molecule has 20 heavy (non-hydrogen) atoms. The molecule has 1 aromatic heterocycles. The number of benzene rings is 1. The molecule has 1 atom stereocenters. The first-order valence-corrected chi connectivity index (χ1v) is 7.25. The fourth-order valence-corrected chi connectivity index (χ4v) is 2.75. The molecule has 0 saturated heterocycles. The van der Waals surface area contributed by atoms with E-state index < -0.39 is 0 Å². The molecule has 1 aromatic carbocycles. The van der Waals surface area contributed by atoms with E-state index in [0.717, 1.165) is 10.9 Å². The zero-order chi connectivity index (χ0) is 14.5. The normalized spacial score (nSPS) is 13.6. The van der Waals surface area contributed by atoms with E-state index in [0.29, 0.717) is 16.3 Å². The second-order valence-corrected chi connectivity index (χ2v) is 5.63. The van der Waals surface area contributed by atoms with Crippen LogP contribution in [0.2, 0.25) is 0 Å². The third-order valence-corrected chi connectivity index (χ3v) is 4.21. The number of para-hydroxylation sites is 1. The number of thioether (sulfide) groups is 1. The summed E-state index contributed by atoms with van der Waals surface area (Å²) < 4.78 is 0. The number of nitrogens with two attached hydrogens (primary N) is 1. The predicted octanol–water partition coefficient (Wildman–Crippen LogP) is 2.05. The molecule has 0 aliphatic carbocycles. The molecule has 0 fully saturated rings. The number of fused-ring (bicyclic) bond motifs is 1. The Morgan fingerprint density at radius 1 is 1.45 bits per heavy atom. The van der Waals surface area contributed by atoms with Crippen LogP contribution >= 0.6 is 11.8 Å². The minimum atomic E-state index is 0.0439. The molecule has 0 saturated carbocycles. The minimum absolute atomic E-state index is 0.0439. The van der Waals surface area contributed by atoms with E-state index >= 15 is 0 Å². The van der Waals surface area contributed by atoms with Gasteiger partial charge in [0.25, 0.3) is 0 Å². The summed E-state index contributed by atoms with van der Waals surface area (Å²) in [5.74, 6) is 0.920. The number of oxime groups is 1. The summed E-state index contributed by atoms with van der Waals surface area (Å²) in [5.41, 5.74) is 7.20. The number of amidine groups is 1. The Morgan fingerprint density at radius 3 is 2.90 bits per heavy atom. The van der Waals surface area contributed by atoms with Gasteiger partial charge in [-0.15, -0.1) is 11.8 Å². The van der Waals surface area contributed by atoms with E-state index in [1.165, 1.54) is 11.8 Å². The van der Waals surface area contributed by atoms with Crippen molar-refractivity contribution in [3.63, 3.8) is 0 Å². The van der Waals surface area contributed by atoms with Crippen molar-refractivity contribution >= 4 is 28.5 Å². The van der Waals surface area contributed by atoms with Gasteiger partial charge in [-0.25, -0.2) is 4.98 Å². The van der Waals surface area contributed by atoms with Crippen LogP contribution in [-0.2, 0) is 0 Å². The van der Waals surface area contributed by atoms with Crippen molar-refractivity contribution in [2.45, 2.75) is 11.9 Å². The van der Waals surface area contributed by atoms with Gasteiger partial charge in [-0.2, -0.15) is 0 Å². The average Bonchev–Trinajstić information content (AvgIpc) is 2.50. The first kappa shape index (κ1) is 14.6. The lowest BCUT2D eigenvalue weighted by Gasteiger charge is -2.11. The highest BCUT2D eigenvalue weighted by Gasteiger charge is 2.12. The van der Waals surface area contributed by atoms with Gasteiger partial charge in [0.15, 0.2) is 5.84 Å². The van der Waals surface area contributed by atoms with Crippen LogP contribution in [0.3, 0.4) is 0 Å². The zero-order valence-corrected chi connectivity index (χ0v) is 12.0. The Bertz CT molecular complexity index is 631. The SMILES string of the molecule is CC(CO)CSc1nc2ccccc2cc1C(N)=NO. The third-order valence-electron chi connectivity index (χ3n) is 2.89. The molecule has 106 valence electrons. The number of aromatic nitrogens is 1. The van der Waals surface area contributed by atoms with Crippen LogP contribution in [0.5, 0.6) is 0 Å². The van der Waals surface area contributed by atoms with Gasteiger partial charge in [-0.05, 0) is 18.1 Å². The van der Waals surface area contributed by atoms with Gasteiger partial charge in [0, 0.05) is 17.7 Å². The molecule has 0 aliphatic rings. The summed E-state index contributed by atoms with van der Waals surface area (Å²) in [6.07, 6.45) is 0. The third kappa shape index (κ3) is 3.20. The molecule has 0 aliphatic heterocycles. The van der Waals surface area contributed by atoms with Crippen LogP contribution in [0.1, 0.15) is 12.5 Å². The maximum absolute atomic E-state index is 9.09. The van der Waals surface area contributed by atoms with E-state index in [2.05, 4.69) is 10.1 Å². The van der Waals surface area contributed by atoms with E-state index in [-0.39, 0.29) is 18.4 Å². The second-order valence-electron chi connectivity index (χ2n) is 4.62. The molecule has 0 amide bonds. The molecule has 0 bridgehead atoms. The Labute approximate surface area is 121 Å². The fraction of sp³-hybridized carbons (Fsp3) is 0.286. The molecule has 1 unspecified atom stereocenters. The molecular weight excluding hydrogens is 274 g/mol. The van der Waals surface area contributed by atoms with Crippen molar-refractivity contribution in [3.05, 3.63) is 35.9 Å². The van der Waals surface area contributed by atoms with Crippen LogP contribution in [0.25, 0.3) is 10.9 Å². The molecule has 0 radical (unpaired) electrons. The van der Waals surface area contributed by atoms with Gasteiger partial charge in [0.05, 0.1) is 11.1 Å². The monoisotopic (exact) mass is 291 g/mol. The fourth-order valence-electron chi connectivity index (χ4n) is 1.72. The molecule has 6 heteroatoms. The van der Waals surface area contributed by atoms with Gasteiger partial charge in [-0.3, -0.25) is 0 Å². The van der Waals surface area contributed by atoms with Crippen LogP contribution in [0.15, 0.2) is 40.5 Å². The van der Waals surface area contributed by atoms with Crippen molar-refractivity contribution in [2.24, 2.45) is 16.8 Å². The van der Waals surface area contributed by atoms with Crippen molar-refractivity contribution in [2.75, 3.05) is 12.4 Å². The largest absolute Gasteiger partial charge is 0.409 e. The lowest BCUT2D eigenvalue weighted by atomic mass is 10.1. The van der Waals surface area contributed by atoms with Crippen molar-refractivity contribution < 1.29 is 10.3 Å². The van der Waals surface area contributed by atoms with E-state index in [9.17, 15) is 0 Å². The van der Waals surface area contributed by atoms with Crippen molar-refractivity contribution in [1.29, 1.82) is 0 Å². The number of pyridine rings is 1. The molecule has 0 spiro atoms. The molecule has 5 nitrogen and oxygen atoms in total. The average molecular weight is 291 g/mol. The first-order valence-electron chi connectivity index (χ1n) is 6.27. The van der Waals surface area contributed by atoms with Gasteiger partial charge >= 0.3 is 0 Å². The number of aliphatic hydroxyl groups is 1. The van der Waals surface area contributed by atoms with Crippen LogP contribution in [0.4, 0.5) is 0 Å². The molecular formula is C14H17N3O2S. The van der Waals surface area contributed by atoms with Gasteiger partial charge < -0.3 is 16.0 Å². The van der Waals surface area contributed by atoms with E-state index in [4.69, 9.17) is 16.0 Å². The summed E-state index contributed by atoms with van der Waals surface area (Å²) in [4.78, 5) is 4.56. The Balaban J connectivity index is 2.43. The number of aliphatic hydroxyl groups excluding tert-OH is 1. The highest BCUT2D eigenvalue weighted by molar-refractivity contribution is 7.99. The van der Waals surface area contributed by atoms with E-state index in [1.807, 2.05) is 37.3 Å². The maximum Gasteiger partial charge on any atom is 0.172 e. The highest BCUT2D eigenvalue weighted by atomic mass is 32.2. The number of rotatable bonds is 5. The highest BCUT2D eigenvalue weighted by Crippen LogP contribution is 2.26. The van der Waals surface area contributed by atoms with Gasteiger partial charge in [0.2, 0.25) is 0 Å². The smallest absolute Gasteiger partial charge is 0.172 e. The Hall–Kier alpha value is -1.79. The second kappa shape index (κ2) is 6.58. The lowest BCUT2D eigenvalue weighted by molar-refractivity contribution is 0.250. The predicted molar refractivity (Wildman–Crippen MR) is 81.2 cm³/mol. The summed E-state index contributed by atoms with van der Waals surface area (Å²) in [6, 6.07) is 9.56. The van der Waals surface area contributed by atoms with Crippen molar-refractivity contribution in [3.8, 4) is 0 Å². The maximum atomic E-state index is 9.09. The molecule has 2 rings (SSSR count). The summed E-state index contributed by atoms with van der Waals surface area (Å²) in [5, 5.41) is 22.7. The molecule has 4 N–H and O–H groups in total. The summed E-state index contributed by atoms with van der Waals surface area (Å²) >= 11 is 1.50. The van der Waals surface area contributed by atoms with Crippen LogP contribution < -0.4 is 5.73 Å². The minimum Gasteiger partial charge on any atom is -0.409 e. The summed E-state index contributed by atoms with van der Waals surface area (Å²) in [6.45, 7) is 2.08. The zero-order valence-electron chi connectivity index (χ0n) is 11.2. The summed E-state index contributed by atoms with van der Waals surface area (Å²) in [7, 11) is 0. The standard InChI is InChI=1S/C14H17N3O2S/c1-9(7-18)8-20-14-11(13(15)17-19)6-10-4-2-3-5-12(10)16-14/h2-6,9,18-19H,7-8H2,1H3,(H2,15,17). The number of nitrogens with zero attached hydrogens (tertiary/aromatic N) is 2. The Kier molecular flexibility index (Phi) is 4.81. The molecule has 2 aromatic rings. The number of hydrogen-bond acceptors (Lipinski definition) is 5. The van der Waals surface area contributed by atoms with Gasteiger partial charge in [-0.1, -0.05) is 30.3 Å². The first-order chi connectivity index (χ1) is 9.65.